The summed E-state index contributed by atoms with van der Waals surface area (Å²) in [6, 6.07) is 10.8. The zero-order valence-corrected chi connectivity index (χ0v) is 21.0. The van der Waals surface area contributed by atoms with Crippen molar-refractivity contribution in [1.29, 1.82) is 0 Å². The summed E-state index contributed by atoms with van der Waals surface area (Å²) < 4.78 is 21.1. The number of carbonyl (C=O) groups is 1. The van der Waals surface area contributed by atoms with Gasteiger partial charge in [-0.3, -0.25) is 19.7 Å². The van der Waals surface area contributed by atoms with Gasteiger partial charge in [0.1, 0.15) is 11.9 Å². The predicted molar refractivity (Wildman–Crippen MR) is 139 cm³/mol. The standard InChI is InChI=1S/C27H30FN3O4S/c1-35-19-5-6-22-20(14-19)25(18(17-32)15-30-22)21(28)7-8-27(26(33)34)9-12-31(13-10-27)16-24(36)23-4-2-3-11-29-23/h2-6,11,14-15,21,32H,7-10,12-13,16-17H2,1H3,(H,33,34)/t21-/m1/s1. The van der Waals surface area contributed by atoms with Gasteiger partial charge in [-0.05, 0) is 69.1 Å². The van der Waals surface area contributed by atoms with Crippen LogP contribution >= 0.6 is 12.2 Å². The number of hydrogen-bond acceptors (Lipinski definition) is 7. The number of hydrogen-bond donors (Lipinski definition) is 2. The second-order valence-electron chi connectivity index (χ2n) is 9.24. The van der Waals surface area contributed by atoms with E-state index < -0.39 is 17.6 Å². The average Bonchev–Trinajstić information content (AvgIpc) is 2.91. The van der Waals surface area contributed by atoms with E-state index in [9.17, 15) is 15.0 Å². The highest BCUT2D eigenvalue weighted by atomic mass is 32.1. The molecule has 0 saturated carbocycles. The molecule has 0 unspecified atom stereocenters. The Bertz CT molecular complexity index is 1230. The summed E-state index contributed by atoms with van der Waals surface area (Å²) in [6.45, 7) is 1.31. The number of piperidine rings is 1. The topological polar surface area (TPSA) is 95.8 Å². The first-order valence-electron chi connectivity index (χ1n) is 12.0. The third kappa shape index (κ3) is 5.53. The predicted octanol–water partition coefficient (Wildman–Crippen LogP) is 4.51. The highest BCUT2D eigenvalue weighted by molar-refractivity contribution is 7.80. The van der Waals surface area contributed by atoms with Crippen molar-refractivity contribution < 1.29 is 24.1 Å². The molecular formula is C27H30FN3O4S. The third-order valence-electron chi connectivity index (χ3n) is 7.14. The lowest BCUT2D eigenvalue weighted by Gasteiger charge is -2.39. The molecule has 0 spiro atoms. The number of thiocarbonyl (C=S) groups is 1. The Morgan fingerprint density at radius 1 is 1.25 bits per heavy atom. The Morgan fingerprint density at radius 3 is 2.67 bits per heavy atom. The van der Waals surface area contributed by atoms with Crippen LogP contribution in [0.4, 0.5) is 4.39 Å². The van der Waals surface area contributed by atoms with E-state index >= 15 is 4.39 Å². The van der Waals surface area contributed by atoms with Gasteiger partial charge in [0, 0.05) is 35.5 Å². The van der Waals surface area contributed by atoms with Gasteiger partial charge < -0.3 is 14.9 Å². The van der Waals surface area contributed by atoms with Crippen LogP contribution in [0.2, 0.25) is 0 Å². The fourth-order valence-corrected chi connectivity index (χ4v) is 5.23. The van der Waals surface area contributed by atoms with Crippen molar-refractivity contribution in [3.8, 4) is 5.75 Å². The van der Waals surface area contributed by atoms with E-state index in [1.54, 1.807) is 24.4 Å². The van der Waals surface area contributed by atoms with Crippen LogP contribution in [0.1, 0.15) is 48.7 Å². The highest BCUT2D eigenvalue weighted by Gasteiger charge is 2.42. The number of benzene rings is 1. The molecule has 36 heavy (non-hydrogen) atoms. The minimum atomic E-state index is -1.45. The average molecular weight is 512 g/mol. The van der Waals surface area contributed by atoms with E-state index in [-0.39, 0.29) is 19.4 Å². The van der Waals surface area contributed by atoms with Crippen LogP contribution in [0.15, 0.2) is 48.8 Å². The van der Waals surface area contributed by atoms with E-state index in [0.717, 1.165) is 10.6 Å². The number of alkyl halides is 1. The Balaban J connectivity index is 1.46. The number of likely N-dealkylation sites (tertiary alicyclic amines) is 1. The van der Waals surface area contributed by atoms with E-state index in [1.165, 1.54) is 13.3 Å². The van der Waals surface area contributed by atoms with Crippen LogP contribution in [0.5, 0.6) is 5.75 Å². The second kappa shape index (κ2) is 11.4. The van der Waals surface area contributed by atoms with E-state index in [0.29, 0.717) is 60.3 Å². The van der Waals surface area contributed by atoms with Gasteiger partial charge in [-0.1, -0.05) is 18.3 Å². The van der Waals surface area contributed by atoms with Gasteiger partial charge in [-0.15, -0.1) is 0 Å². The maximum atomic E-state index is 15.8. The zero-order chi connectivity index (χ0) is 25.7. The van der Waals surface area contributed by atoms with Gasteiger partial charge >= 0.3 is 5.97 Å². The molecule has 0 amide bonds. The van der Waals surface area contributed by atoms with E-state index in [1.807, 2.05) is 18.2 Å². The van der Waals surface area contributed by atoms with Gasteiger partial charge in [-0.2, -0.15) is 0 Å². The summed E-state index contributed by atoms with van der Waals surface area (Å²) in [5.74, 6) is -0.337. The van der Waals surface area contributed by atoms with Crippen molar-refractivity contribution in [2.24, 2.45) is 5.41 Å². The van der Waals surface area contributed by atoms with Crippen LogP contribution in [0, 0.1) is 5.41 Å². The summed E-state index contributed by atoms with van der Waals surface area (Å²) in [5.41, 5.74) is 1.08. The van der Waals surface area contributed by atoms with Crippen LogP contribution < -0.4 is 4.74 Å². The number of carboxylic acids is 1. The van der Waals surface area contributed by atoms with Crippen LogP contribution in [-0.2, 0) is 11.4 Å². The van der Waals surface area contributed by atoms with Gasteiger partial charge in [0.05, 0.1) is 35.2 Å². The summed E-state index contributed by atoms with van der Waals surface area (Å²) in [5, 5.41) is 20.5. The fourth-order valence-electron chi connectivity index (χ4n) is 4.93. The van der Waals surface area contributed by atoms with Crippen molar-refractivity contribution in [3.63, 3.8) is 0 Å². The maximum Gasteiger partial charge on any atom is 0.309 e. The number of ether oxygens (including phenoxy) is 1. The SMILES string of the molecule is COc1ccc2ncc(CO)c([C@H](F)CCC3(C(=O)O)CCN(CC(=S)c4ccccn4)CC3)c2c1. The smallest absolute Gasteiger partial charge is 0.309 e. The number of aromatic nitrogens is 2. The molecule has 0 bridgehead atoms. The number of fused-ring (bicyclic) bond motifs is 1. The van der Waals surface area contributed by atoms with Gasteiger partial charge in [0.2, 0.25) is 0 Å². The minimum Gasteiger partial charge on any atom is -0.497 e. The number of pyridine rings is 2. The summed E-state index contributed by atoms with van der Waals surface area (Å²) >= 11 is 5.53. The molecule has 0 aliphatic carbocycles. The summed E-state index contributed by atoms with van der Waals surface area (Å²) in [6.07, 6.45) is 2.78. The van der Waals surface area contributed by atoms with Gasteiger partial charge in [0.25, 0.3) is 0 Å². The first-order chi connectivity index (χ1) is 17.4. The van der Waals surface area contributed by atoms with Crippen LogP contribution in [0.3, 0.4) is 0 Å². The Hall–Kier alpha value is -3.01. The molecule has 2 N–H and O–H groups in total. The Labute approximate surface area is 214 Å². The molecule has 1 aliphatic heterocycles. The first kappa shape index (κ1) is 26.1. The lowest BCUT2D eigenvalue weighted by Crippen LogP contribution is -2.46. The lowest BCUT2D eigenvalue weighted by atomic mass is 9.74. The highest BCUT2D eigenvalue weighted by Crippen LogP contribution is 2.41. The molecule has 2 aromatic heterocycles. The maximum absolute atomic E-state index is 15.8. The number of aliphatic hydroxyl groups excluding tert-OH is 1. The van der Waals surface area contributed by atoms with Crippen molar-refractivity contribution in [3.05, 3.63) is 65.6 Å². The number of carboxylic acid groups (broad SMARTS) is 1. The molecule has 3 heterocycles. The number of aliphatic hydroxyl groups is 1. The molecule has 7 nitrogen and oxygen atoms in total. The second-order valence-corrected chi connectivity index (χ2v) is 9.74. The van der Waals surface area contributed by atoms with Gasteiger partial charge in [0.15, 0.2) is 0 Å². The molecule has 1 aliphatic rings. The van der Waals surface area contributed by atoms with Crippen molar-refractivity contribution in [2.75, 3.05) is 26.7 Å². The minimum absolute atomic E-state index is 0.0297. The Morgan fingerprint density at radius 2 is 2.03 bits per heavy atom. The van der Waals surface area contributed by atoms with Crippen molar-refractivity contribution in [2.45, 2.75) is 38.5 Å². The molecule has 9 heteroatoms. The number of halogens is 1. The molecule has 4 rings (SSSR count). The fraction of sp³-hybridized carbons (Fsp3) is 0.407. The van der Waals surface area contributed by atoms with E-state index in [4.69, 9.17) is 17.0 Å². The zero-order valence-electron chi connectivity index (χ0n) is 20.2. The molecular weight excluding hydrogens is 481 g/mol. The number of methoxy groups -OCH3 is 1. The molecule has 0 radical (unpaired) electrons. The molecule has 3 aromatic rings. The first-order valence-corrected chi connectivity index (χ1v) is 12.4. The molecule has 190 valence electrons. The van der Waals surface area contributed by atoms with Crippen molar-refractivity contribution in [1.82, 2.24) is 14.9 Å². The molecule has 1 saturated heterocycles. The molecule has 1 aromatic carbocycles. The van der Waals surface area contributed by atoms with Crippen LogP contribution in [-0.4, -0.2) is 62.7 Å². The van der Waals surface area contributed by atoms with Crippen LogP contribution in [0.25, 0.3) is 10.9 Å². The van der Waals surface area contributed by atoms with Gasteiger partial charge in [-0.25, -0.2) is 4.39 Å². The quantitative estimate of drug-likeness (QED) is 0.303. The van der Waals surface area contributed by atoms with E-state index in [2.05, 4.69) is 14.9 Å². The Kier molecular flexibility index (Phi) is 8.23. The monoisotopic (exact) mass is 511 g/mol. The lowest BCUT2D eigenvalue weighted by molar-refractivity contribution is -0.152. The number of rotatable bonds is 10. The summed E-state index contributed by atoms with van der Waals surface area (Å²) in [7, 11) is 1.53. The molecule has 1 fully saturated rings. The largest absolute Gasteiger partial charge is 0.497 e. The van der Waals surface area contributed by atoms with Crippen molar-refractivity contribution >= 4 is 34.0 Å². The number of aliphatic carboxylic acids is 1. The third-order valence-corrected chi connectivity index (χ3v) is 7.48. The normalized spacial score (nSPS) is 16.5. The molecule has 1 atom stereocenters. The summed E-state index contributed by atoms with van der Waals surface area (Å²) in [4.78, 5) is 23.8. The number of nitrogens with zero attached hydrogens (tertiary/aromatic N) is 3.